The fourth-order valence-electron chi connectivity index (χ4n) is 1.65. The highest BCUT2D eigenvalue weighted by molar-refractivity contribution is 7.71. The zero-order chi connectivity index (χ0) is 15.0. The maximum Gasteiger partial charge on any atom is 0.333 e. The fraction of sp³-hybridized carbons (Fsp3) is 0.500. The maximum absolute atomic E-state index is 11.5. The molecule has 0 aliphatic carbocycles. The van der Waals surface area contributed by atoms with Crippen molar-refractivity contribution in [1.29, 1.82) is 0 Å². The number of H-pyrrole nitrogens is 1. The Labute approximate surface area is 123 Å². The van der Waals surface area contributed by atoms with Crippen LogP contribution in [0.15, 0.2) is 29.2 Å². The van der Waals surface area contributed by atoms with Crippen molar-refractivity contribution in [2.24, 2.45) is 0 Å². The van der Waals surface area contributed by atoms with Crippen molar-refractivity contribution in [3.05, 3.63) is 39.5 Å². The number of aryl methyl sites for hydroxylation is 1. The smallest absolute Gasteiger partial charge is 0.333 e. The lowest BCUT2D eigenvalue weighted by molar-refractivity contribution is -0.139. The minimum atomic E-state index is -0.337. The molecule has 0 aliphatic rings. The molecule has 0 saturated heterocycles. The number of carbonyl (C=O) groups excluding carboxylic acids is 1. The van der Waals surface area contributed by atoms with E-state index in [4.69, 9.17) is 17.0 Å². The summed E-state index contributed by atoms with van der Waals surface area (Å²) in [6, 6.07) is 1.70. The Kier molecular flexibility index (Phi) is 6.93. The van der Waals surface area contributed by atoms with Crippen LogP contribution >= 0.6 is 12.2 Å². The summed E-state index contributed by atoms with van der Waals surface area (Å²) in [5, 5.41) is 0. The highest BCUT2D eigenvalue weighted by Crippen LogP contribution is 2.03. The molecule has 0 aromatic carbocycles. The summed E-state index contributed by atoms with van der Waals surface area (Å²) in [6.45, 7) is 6.23. The van der Waals surface area contributed by atoms with Gasteiger partial charge in [-0.3, -0.25) is 4.98 Å². The van der Waals surface area contributed by atoms with E-state index >= 15 is 0 Å². The van der Waals surface area contributed by atoms with E-state index in [1.807, 2.05) is 0 Å². The molecule has 20 heavy (non-hydrogen) atoms. The largest absolute Gasteiger partial charge is 0.462 e. The Morgan fingerprint density at radius 1 is 1.40 bits per heavy atom. The summed E-state index contributed by atoms with van der Waals surface area (Å²) in [5.74, 6) is -0.337. The molecule has 0 aliphatic heterocycles. The van der Waals surface area contributed by atoms with Crippen LogP contribution in [0, 0.1) is 4.64 Å². The minimum absolute atomic E-state index is 0.173. The number of nitrogens with one attached hydrogen (secondary N) is 1. The number of esters is 1. The Morgan fingerprint density at radius 3 is 2.75 bits per heavy atom. The lowest BCUT2D eigenvalue weighted by atomic mass is 10.2. The summed E-state index contributed by atoms with van der Waals surface area (Å²) in [5.41, 5.74) is 0.249. The van der Waals surface area contributed by atoms with E-state index in [1.165, 1.54) is 0 Å². The molecule has 0 bridgehead atoms. The molecule has 0 unspecified atom stereocenters. The van der Waals surface area contributed by atoms with Gasteiger partial charge in [-0.05, 0) is 32.3 Å². The van der Waals surface area contributed by atoms with Crippen molar-refractivity contribution in [2.75, 3.05) is 6.61 Å². The van der Waals surface area contributed by atoms with Crippen LogP contribution in [-0.2, 0) is 16.1 Å². The maximum atomic E-state index is 11.5. The van der Waals surface area contributed by atoms with Gasteiger partial charge in [0.2, 0.25) is 0 Å². The molecule has 5 nitrogen and oxygen atoms in total. The number of hydrogen-bond acceptors (Lipinski definition) is 4. The first-order valence-corrected chi connectivity index (χ1v) is 7.04. The van der Waals surface area contributed by atoms with Crippen molar-refractivity contribution in [3.8, 4) is 0 Å². The van der Waals surface area contributed by atoms with E-state index in [2.05, 4.69) is 11.6 Å². The van der Waals surface area contributed by atoms with Gasteiger partial charge in [0.25, 0.3) is 0 Å². The number of carbonyl (C=O) groups is 1. The lowest BCUT2D eigenvalue weighted by Gasteiger charge is -2.06. The second-order valence-electron chi connectivity index (χ2n) is 4.63. The molecule has 0 spiro atoms. The second-order valence-corrected chi connectivity index (χ2v) is 5.07. The number of unbranched alkanes of at least 4 members (excludes halogenated alkanes) is 3. The van der Waals surface area contributed by atoms with Crippen LogP contribution in [0.25, 0.3) is 0 Å². The van der Waals surface area contributed by atoms with Gasteiger partial charge in [-0.2, -0.15) is 0 Å². The Bertz CT molecular complexity index is 574. The molecule has 0 amide bonds. The van der Waals surface area contributed by atoms with Gasteiger partial charge in [-0.15, -0.1) is 0 Å². The normalized spacial score (nSPS) is 10.2. The second kappa shape index (κ2) is 8.47. The van der Waals surface area contributed by atoms with Gasteiger partial charge in [-0.1, -0.05) is 25.2 Å². The van der Waals surface area contributed by atoms with E-state index in [0.717, 1.165) is 25.7 Å². The Hall–Kier alpha value is -1.69. The summed E-state index contributed by atoms with van der Waals surface area (Å²) < 4.78 is 7.05. The number of rotatable bonds is 8. The minimum Gasteiger partial charge on any atom is -0.462 e. The molecule has 1 N–H and O–H groups in total. The molecule has 6 heteroatoms. The third-order valence-corrected chi connectivity index (χ3v) is 3.01. The Morgan fingerprint density at radius 2 is 2.10 bits per heavy atom. The zero-order valence-corrected chi connectivity index (χ0v) is 12.5. The molecule has 0 saturated carbocycles. The SMILES string of the molecule is C=C(C)C(=O)OCCCCCCn1ccc(=S)[nH]c1=O. The van der Waals surface area contributed by atoms with Crippen LogP contribution in [0.1, 0.15) is 32.6 Å². The van der Waals surface area contributed by atoms with E-state index in [-0.39, 0.29) is 11.7 Å². The average Bonchev–Trinajstić information content (AvgIpc) is 2.39. The van der Waals surface area contributed by atoms with Gasteiger partial charge in [0.1, 0.15) is 4.64 Å². The summed E-state index contributed by atoms with van der Waals surface area (Å²) >= 11 is 4.87. The predicted molar refractivity (Wildman–Crippen MR) is 80.1 cm³/mol. The molecule has 0 atom stereocenters. The quantitative estimate of drug-likeness (QED) is 0.346. The molecule has 1 aromatic rings. The highest BCUT2D eigenvalue weighted by atomic mass is 32.1. The molecule has 110 valence electrons. The molecule has 0 radical (unpaired) electrons. The van der Waals surface area contributed by atoms with Crippen LogP contribution in [0.2, 0.25) is 0 Å². The van der Waals surface area contributed by atoms with Crippen LogP contribution < -0.4 is 5.69 Å². The fourth-order valence-corrected chi connectivity index (χ4v) is 1.79. The van der Waals surface area contributed by atoms with Gasteiger partial charge in [0, 0.05) is 18.3 Å². The number of aromatic amines is 1. The highest BCUT2D eigenvalue weighted by Gasteiger charge is 2.01. The summed E-state index contributed by atoms with van der Waals surface area (Å²) in [4.78, 5) is 25.2. The summed E-state index contributed by atoms with van der Waals surface area (Å²) in [6.07, 6.45) is 5.37. The zero-order valence-electron chi connectivity index (χ0n) is 11.7. The van der Waals surface area contributed by atoms with Crippen molar-refractivity contribution < 1.29 is 9.53 Å². The molecule has 1 aromatic heterocycles. The number of aromatic nitrogens is 2. The van der Waals surface area contributed by atoms with Crippen molar-refractivity contribution in [1.82, 2.24) is 9.55 Å². The van der Waals surface area contributed by atoms with Gasteiger partial charge >= 0.3 is 11.7 Å². The van der Waals surface area contributed by atoms with Crippen molar-refractivity contribution >= 4 is 18.2 Å². The molecular formula is C14H20N2O3S. The first-order valence-electron chi connectivity index (χ1n) is 6.63. The Balaban J connectivity index is 2.13. The predicted octanol–water partition coefficient (Wildman–Crippen LogP) is 2.59. The first-order chi connectivity index (χ1) is 9.50. The van der Waals surface area contributed by atoms with Gasteiger partial charge in [-0.25, -0.2) is 9.59 Å². The monoisotopic (exact) mass is 296 g/mol. The standard InChI is InChI=1S/C14H20N2O3S/c1-11(2)13(17)19-10-6-4-3-5-8-16-9-7-12(20)15-14(16)18/h7,9H,1,3-6,8,10H2,2H3,(H,15,18,20). The van der Waals surface area contributed by atoms with Gasteiger partial charge in [0.05, 0.1) is 6.61 Å². The van der Waals surface area contributed by atoms with Crippen LogP contribution in [0.5, 0.6) is 0 Å². The van der Waals surface area contributed by atoms with Crippen LogP contribution in [-0.4, -0.2) is 22.1 Å². The van der Waals surface area contributed by atoms with Crippen molar-refractivity contribution in [3.63, 3.8) is 0 Å². The molecule has 1 heterocycles. The third kappa shape index (κ3) is 5.97. The number of hydrogen-bond donors (Lipinski definition) is 1. The van der Waals surface area contributed by atoms with E-state index in [9.17, 15) is 9.59 Å². The average molecular weight is 296 g/mol. The van der Waals surface area contributed by atoms with Gasteiger partial charge in [0.15, 0.2) is 0 Å². The topological polar surface area (TPSA) is 64.1 Å². The lowest BCUT2D eigenvalue weighted by Crippen LogP contribution is -2.22. The molecule has 0 fully saturated rings. The van der Waals surface area contributed by atoms with Crippen molar-refractivity contribution in [2.45, 2.75) is 39.2 Å². The third-order valence-electron chi connectivity index (χ3n) is 2.77. The molecular weight excluding hydrogens is 276 g/mol. The molecule has 1 rings (SSSR count). The van der Waals surface area contributed by atoms with E-state index < -0.39 is 0 Å². The van der Waals surface area contributed by atoms with Crippen LogP contribution in [0.3, 0.4) is 0 Å². The van der Waals surface area contributed by atoms with E-state index in [1.54, 1.807) is 23.8 Å². The number of nitrogens with zero attached hydrogens (tertiary/aromatic N) is 1. The first kappa shape index (κ1) is 16.4. The van der Waals surface area contributed by atoms with Gasteiger partial charge < -0.3 is 9.30 Å². The van der Waals surface area contributed by atoms with Crippen LogP contribution in [0.4, 0.5) is 0 Å². The number of ether oxygens (including phenoxy) is 1. The summed E-state index contributed by atoms with van der Waals surface area (Å²) in [7, 11) is 0. The van der Waals surface area contributed by atoms with E-state index in [0.29, 0.717) is 23.4 Å².